The number of nitro groups is 1. The summed E-state index contributed by atoms with van der Waals surface area (Å²) in [7, 11) is 0. The van der Waals surface area contributed by atoms with E-state index in [4.69, 9.17) is 9.47 Å². The largest absolute Gasteiger partial charge is 0.494 e. The van der Waals surface area contributed by atoms with Crippen LogP contribution in [-0.4, -0.2) is 24.0 Å². The molecular weight excluding hydrogens is 312 g/mol. The van der Waals surface area contributed by atoms with Crippen molar-refractivity contribution in [3.05, 3.63) is 64.2 Å². The zero-order valence-electron chi connectivity index (χ0n) is 13.2. The van der Waals surface area contributed by atoms with E-state index in [1.807, 2.05) is 6.92 Å². The molecule has 0 aromatic heterocycles. The molecule has 1 amide bonds. The van der Waals surface area contributed by atoms with Crippen molar-refractivity contribution >= 4 is 11.6 Å². The molecule has 0 heterocycles. The maximum Gasteiger partial charge on any atom is 0.274 e. The van der Waals surface area contributed by atoms with Crippen molar-refractivity contribution in [1.29, 1.82) is 0 Å². The normalized spacial score (nSPS) is 10.0. The lowest BCUT2D eigenvalue weighted by Crippen LogP contribution is -2.28. The third-order valence-electron chi connectivity index (χ3n) is 3.17. The predicted molar refractivity (Wildman–Crippen MR) is 88.0 cm³/mol. The zero-order chi connectivity index (χ0) is 17.4. The summed E-state index contributed by atoms with van der Waals surface area (Å²) in [6.45, 7) is 2.37. The first-order valence-corrected chi connectivity index (χ1v) is 7.44. The quantitative estimate of drug-likeness (QED) is 0.593. The van der Waals surface area contributed by atoms with Crippen LogP contribution in [0.4, 0.5) is 5.69 Å². The number of benzene rings is 2. The first-order chi connectivity index (χ1) is 11.6. The number of carbonyl (C=O) groups is 1. The highest BCUT2D eigenvalue weighted by Gasteiger charge is 2.13. The molecule has 0 unspecified atom stereocenters. The van der Waals surface area contributed by atoms with Crippen LogP contribution in [0.15, 0.2) is 48.5 Å². The van der Waals surface area contributed by atoms with Gasteiger partial charge >= 0.3 is 0 Å². The molecule has 2 rings (SSSR count). The van der Waals surface area contributed by atoms with Gasteiger partial charge in [-0.15, -0.1) is 0 Å². The van der Waals surface area contributed by atoms with Crippen molar-refractivity contribution < 1.29 is 19.2 Å². The minimum Gasteiger partial charge on any atom is -0.494 e. The first-order valence-electron chi connectivity index (χ1n) is 7.44. The predicted octanol–water partition coefficient (Wildman–Crippen LogP) is 2.69. The van der Waals surface area contributed by atoms with Crippen LogP contribution < -0.4 is 14.8 Å². The fourth-order valence-electron chi connectivity index (χ4n) is 2.03. The minimum atomic E-state index is -0.474. The SMILES string of the molecule is CCOc1ccc(OCC(=O)NCc2ccccc2[N+](=O)[O-])cc1. The number of hydrogen-bond donors (Lipinski definition) is 1. The highest BCUT2D eigenvalue weighted by molar-refractivity contribution is 5.77. The maximum atomic E-state index is 11.8. The van der Waals surface area contributed by atoms with Crippen LogP contribution in [0.5, 0.6) is 11.5 Å². The van der Waals surface area contributed by atoms with Gasteiger partial charge < -0.3 is 14.8 Å². The minimum absolute atomic E-state index is 0.0229. The number of carbonyl (C=O) groups excluding carboxylic acids is 1. The molecule has 0 saturated carbocycles. The maximum absolute atomic E-state index is 11.8. The van der Waals surface area contributed by atoms with Crippen LogP contribution in [0, 0.1) is 10.1 Å². The molecule has 0 bridgehead atoms. The van der Waals surface area contributed by atoms with Crippen LogP contribution in [0.1, 0.15) is 12.5 Å². The van der Waals surface area contributed by atoms with Crippen LogP contribution in [0.25, 0.3) is 0 Å². The number of nitrogens with zero attached hydrogens (tertiary/aromatic N) is 1. The second-order valence-electron chi connectivity index (χ2n) is 4.86. The van der Waals surface area contributed by atoms with E-state index in [0.717, 1.165) is 5.75 Å². The van der Waals surface area contributed by atoms with E-state index in [2.05, 4.69) is 5.32 Å². The van der Waals surface area contributed by atoms with Gasteiger partial charge in [0.05, 0.1) is 11.5 Å². The molecule has 0 saturated heterocycles. The van der Waals surface area contributed by atoms with Crippen molar-refractivity contribution in [2.75, 3.05) is 13.2 Å². The van der Waals surface area contributed by atoms with Crippen LogP contribution in [0.2, 0.25) is 0 Å². The number of amides is 1. The lowest BCUT2D eigenvalue weighted by atomic mass is 10.2. The third kappa shape index (κ3) is 4.98. The standard InChI is InChI=1S/C17H18N2O5/c1-2-23-14-7-9-15(10-8-14)24-12-17(20)18-11-13-5-3-4-6-16(13)19(21)22/h3-10H,2,11-12H2,1H3,(H,18,20). The van der Waals surface area contributed by atoms with Crippen LogP contribution >= 0.6 is 0 Å². The van der Waals surface area contributed by atoms with E-state index >= 15 is 0 Å². The molecule has 7 heteroatoms. The van der Waals surface area contributed by atoms with Crippen molar-refractivity contribution in [1.82, 2.24) is 5.32 Å². The average molecular weight is 330 g/mol. The van der Waals surface area contributed by atoms with Gasteiger partial charge in [0.1, 0.15) is 11.5 Å². The molecule has 0 aliphatic rings. The number of para-hydroxylation sites is 1. The fraction of sp³-hybridized carbons (Fsp3) is 0.235. The van der Waals surface area contributed by atoms with Crippen molar-refractivity contribution in [2.24, 2.45) is 0 Å². The van der Waals surface area contributed by atoms with Gasteiger partial charge in [-0.1, -0.05) is 18.2 Å². The summed E-state index contributed by atoms with van der Waals surface area (Å²) in [4.78, 5) is 22.2. The average Bonchev–Trinajstić information content (AvgIpc) is 2.59. The summed E-state index contributed by atoms with van der Waals surface area (Å²) in [6, 6.07) is 13.2. The molecule has 0 radical (unpaired) electrons. The second kappa shape index (κ2) is 8.52. The first kappa shape index (κ1) is 17.3. The molecule has 0 aliphatic heterocycles. The van der Waals surface area contributed by atoms with Gasteiger partial charge in [-0.05, 0) is 31.2 Å². The van der Waals surface area contributed by atoms with Crippen molar-refractivity contribution in [2.45, 2.75) is 13.5 Å². The van der Waals surface area contributed by atoms with Gasteiger partial charge in [-0.3, -0.25) is 14.9 Å². The number of nitro benzene ring substituents is 1. The fourth-order valence-corrected chi connectivity index (χ4v) is 2.03. The third-order valence-corrected chi connectivity index (χ3v) is 3.17. The van der Waals surface area contributed by atoms with Gasteiger partial charge in [0, 0.05) is 18.2 Å². The van der Waals surface area contributed by atoms with Crippen molar-refractivity contribution in [3.63, 3.8) is 0 Å². The summed E-state index contributed by atoms with van der Waals surface area (Å²) < 4.78 is 10.7. The smallest absolute Gasteiger partial charge is 0.274 e. The summed E-state index contributed by atoms with van der Waals surface area (Å²) in [6.07, 6.45) is 0. The molecule has 2 aromatic carbocycles. The highest BCUT2D eigenvalue weighted by atomic mass is 16.6. The molecule has 24 heavy (non-hydrogen) atoms. The summed E-state index contributed by atoms with van der Waals surface area (Å²) in [5, 5.41) is 13.5. The molecule has 7 nitrogen and oxygen atoms in total. The Kier molecular flexibility index (Phi) is 6.13. The summed E-state index contributed by atoms with van der Waals surface area (Å²) in [5.41, 5.74) is 0.419. The monoisotopic (exact) mass is 330 g/mol. The Bertz CT molecular complexity index is 700. The van der Waals surface area contributed by atoms with E-state index in [1.165, 1.54) is 6.07 Å². The molecule has 2 aromatic rings. The second-order valence-corrected chi connectivity index (χ2v) is 4.86. The lowest BCUT2D eigenvalue weighted by molar-refractivity contribution is -0.385. The number of ether oxygens (including phenoxy) is 2. The van der Waals surface area contributed by atoms with E-state index in [1.54, 1.807) is 42.5 Å². The molecular formula is C17H18N2O5. The molecule has 1 N–H and O–H groups in total. The van der Waals surface area contributed by atoms with Gasteiger partial charge in [0.25, 0.3) is 11.6 Å². The summed E-state index contributed by atoms with van der Waals surface area (Å²) >= 11 is 0. The van der Waals surface area contributed by atoms with E-state index in [0.29, 0.717) is 17.9 Å². The number of rotatable bonds is 8. The Morgan fingerprint density at radius 1 is 1.08 bits per heavy atom. The Hall–Kier alpha value is -3.09. The molecule has 0 aliphatic carbocycles. The van der Waals surface area contributed by atoms with Gasteiger partial charge in [-0.2, -0.15) is 0 Å². The molecule has 0 atom stereocenters. The Morgan fingerprint density at radius 3 is 2.33 bits per heavy atom. The van der Waals surface area contributed by atoms with Gasteiger partial charge in [-0.25, -0.2) is 0 Å². The van der Waals surface area contributed by atoms with Gasteiger partial charge in [0.15, 0.2) is 6.61 Å². The highest BCUT2D eigenvalue weighted by Crippen LogP contribution is 2.18. The molecule has 0 fully saturated rings. The van der Waals surface area contributed by atoms with Crippen molar-refractivity contribution in [3.8, 4) is 11.5 Å². The molecule has 126 valence electrons. The van der Waals surface area contributed by atoms with E-state index in [-0.39, 0.29) is 24.7 Å². The summed E-state index contributed by atoms with van der Waals surface area (Å²) in [5.74, 6) is 0.909. The number of hydrogen-bond acceptors (Lipinski definition) is 5. The van der Waals surface area contributed by atoms with E-state index in [9.17, 15) is 14.9 Å². The van der Waals surface area contributed by atoms with Crippen LogP contribution in [0.3, 0.4) is 0 Å². The zero-order valence-corrected chi connectivity index (χ0v) is 13.2. The van der Waals surface area contributed by atoms with Gasteiger partial charge in [0.2, 0.25) is 0 Å². The molecule has 0 spiro atoms. The Labute approximate surface area is 139 Å². The number of nitrogens with one attached hydrogen (secondary N) is 1. The lowest BCUT2D eigenvalue weighted by Gasteiger charge is -2.09. The van der Waals surface area contributed by atoms with E-state index < -0.39 is 4.92 Å². The topological polar surface area (TPSA) is 90.7 Å². The Balaban J connectivity index is 1.82. The van der Waals surface area contributed by atoms with Crippen LogP contribution in [-0.2, 0) is 11.3 Å². The Morgan fingerprint density at radius 2 is 1.71 bits per heavy atom.